The fraction of sp³-hybridized carbons (Fsp3) is 0.259. The summed E-state index contributed by atoms with van der Waals surface area (Å²) in [6.07, 6.45) is 0.929. The number of rotatable bonds is 9. The molecule has 35 heavy (non-hydrogen) atoms. The lowest BCUT2D eigenvalue weighted by atomic mass is 10.1. The Morgan fingerprint density at radius 2 is 1.57 bits per heavy atom. The van der Waals surface area contributed by atoms with Gasteiger partial charge in [0.1, 0.15) is 0 Å². The summed E-state index contributed by atoms with van der Waals surface area (Å²) in [4.78, 5) is 20.3. The molecule has 6 nitrogen and oxygen atoms in total. The second-order valence-corrected chi connectivity index (χ2v) is 11.1. The first-order valence-corrected chi connectivity index (χ1v) is 14.0. The summed E-state index contributed by atoms with van der Waals surface area (Å²) in [6, 6.07) is 22.1. The normalized spacial score (nSPS) is 11.8. The summed E-state index contributed by atoms with van der Waals surface area (Å²) in [5.74, 6) is -0.226. The van der Waals surface area contributed by atoms with Crippen molar-refractivity contribution in [3.63, 3.8) is 0 Å². The number of hydrogen-bond acceptors (Lipinski definition) is 5. The number of hydrogen-bond donors (Lipinski definition) is 0. The van der Waals surface area contributed by atoms with Crippen LogP contribution in [0.5, 0.6) is 0 Å². The van der Waals surface area contributed by atoms with Crippen LogP contribution in [0.3, 0.4) is 0 Å². The molecule has 4 rings (SSSR count). The Kier molecular flexibility index (Phi) is 7.64. The number of sulfonamides is 1. The molecule has 4 aromatic rings. The lowest BCUT2D eigenvalue weighted by molar-refractivity contribution is 0.0985. The lowest BCUT2D eigenvalue weighted by Gasteiger charge is -2.21. The van der Waals surface area contributed by atoms with Gasteiger partial charge in [-0.05, 0) is 53.9 Å². The van der Waals surface area contributed by atoms with E-state index in [4.69, 9.17) is 4.98 Å². The second-order valence-electron chi connectivity index (χ2n) is 8.14. The first-order valence-electron chi connectivity index (χ1n) is 11.7. The van der Waals surface area contributed by atoms with Crippen molar-refractivity contribution in [1.82, 2.24) is 9.29 Å². The first-order chi connectivity index (χ1) is 16.9. The molecule has 0 aliphatic heterocycles. The van der Waals surface area contributed by atoms with Crippen LogP contribution in [-0.4, -0.2) is 36.7 Å². The molecule has 0 radical (unpaired) electrons. The molecule has 0 atom stereocenters. The quantitative estimate of drug-likeness (QED) is 0.290. The van der Waals surface area contributed by atoms with E-state index in [0.717, 1.165) is 22.2 Å². The molecule has 8 heteroatoms. The fourth-order valence-corrected chi connectivity index (χ4v) is 6.41. The summed E-state index contributed by atoms with van der Waals surface area (Å²) in [6.45, 7) is 6.87. The maximum Gasteiger partial charge on any atom is 0.260 e. The summed E-state index contributed by atoms with van der Waals surface area (Å²) in [7, 11) is -3.59. The molecule has 3 aromatic carbocycles. The number of carbonyl (C=O) groups excluding carboxylic acids is 1. The van der Waals surface area contributed by atoms with Crippen molar-refractivity contribution in [2.45, 2.75) is 38.6 Å². The molecule has 0 aliphatic rings. The molecule has 1 heterocycles. The van der Waals surface area contributed by atoms with Gasteiger partial charge in [-0.1, -0.05) is 68.5 Å². The number of benzene rings is 3. The maximum atomic E-state index is 13.7. The van der Waals surface area contributed by atoms with Gasteiger partial charge in [0, 0.05) is 18.7 Å². The smallest absolute Gasteiger partial charge is 0.260 e. The third kappa shape index (κ3) is 5.29. The topological polar surface area (TPSA) is 70.6 Å². The van der Waals surface area contributed by atoms with Gasteiger partial charge in [-0.25, -0.2) is 13.4 Å². The lowest BCUT2D eigenvalue weighted by Crippen LogP contribution is -2.31. The molecule has 0 saturated carbocycles. The highest BCUT2D eigenvalue weighted by Gasteiger charge is 2.25. The molecule has 1 aromatic heterocycles. The fourth-order valence-electron chi connectivity index (χ4n) is 3.92. The van der Waals surface area contributed by atoms with Crippen LogP contribution in [-0.2, 0) is 23.0 Å². The zero-order chi connectivity index (χ0) is 25.0. The van der Waals surface area contributed by atoms with E-state index in [1.54, 1.807) is 17.0 Å². The van der Waals surface area contributed by atoms with Gasteiger partial charge in [0.15, 0.2) is 5.13 Å². The van der Waals surface area contributed by atoms with Gasteiger partial charge in [-0.2, -0.15) is 4.31 Å². The van der Waals surface area contributed by atoms with Gasteiger partial charge in [0.25, 0.3) is 5.91 Å². The number of amides is 1. The minimum absolute atomic E-state index is 0.180. The Labute approximate surface area is 210 Å². The monoisotopic (exact) mass is 507 g/mol. The number of carbonyl (C=O) groups is 1. The number of anilines is 1. The molecule has 0 aliphatic carbocycles. The van der Waals surface area contributed by atoms with Gasteiger partial charge in [-0.15, -0.1) is 0 Å². The molecule has 0 fully saturated rings. The minimum atomic E-state index is -3.59. The predicted octanol–water partition coefficient (Wildman–Crippen LogP) is 5.74. The van der Waals surface area contributed by atoms with E-state index in [9.17, 15) is 13.2 Å². The Balaban J connectivity index is 1.70. The van der Waals surface area contributed by atoms with E-state index in [1.165, 1.54) is 33.3 Å². The SMILES string of the molecule is CCc1ccc2nc(N(Cc3ccccc3)C(=O)c3ccc(S(=O)(=O)N(CC)CC)cc3)sc2c1. The largest absolute Gasteiger partial charge is 0.279 e. The molecule has 0 saturated heterocycles. The van der Waals surface area contributed by atoms with Crippen molar-refractivity contribution in [3.8, 4) is 0 Å². The van der Waals surface area contributed by atoms with E-state index < -0.39 is 10.0 Å². The standard InChI is InChI=1S/C27H29N3O3S2/c1-4-20-12-17-24-25(18-20)34-27(28-24)30(19-21-10-8-7-9-11-21)26(31)22-13-15-23(16-14-22)35(32,33)29(5-2)6-3/h7-18H,4-6,19H2,1-3H3. The maximum absolute atomic E-state index is 13.7. The summed E-state index contributed by atoms with van der Waals surface area (Å²) in [5, 5.41) is 0.613. The highest BCUT2D eigenvalue weighted by Crippen LogP contribution is 2.32. The summed E-state index contributed by atoms with van der Waals surface area (Å²) >= 11 is 1.49. The van der Waals surface area contributed by atoms with Crippen LogP contribution in [0, 0.1) is 0 Å². The third-order valence-electron chi connectivity index (χ3n) is 5.95. The van der Waals surface area contributed by atoms with E-state index in [0.29, 0.717) is 30.3 Å². The second kappa shape index (κ2) is 10.7. The van der Waals surface area contributed by atoms with Crippen LogP contribution in [0.4, 0.5) is 5.13 Å². The van der Waals surface area contributed by atoms with Crippen molar-refractivity contribution in [1.29, 1.82) is 0 Å². The van der Waals surface area contributed by atoms with Gasteiger partial charge in [0.05, 0.1) is 21.7 Å². The van der Waals surface area contributed by atoms with Crippen molar-refractivity contribution in [2.24, 2.45) is 0 Å². The van der Waals surface area contributed by atoms with E-state index in [1.807, 2.05) is 50.2 Å². The summed E-state index contributed by atoms with van der Waals surface area (Å²) < 4.78 is 28.1. The third-order valence-corrected chi connectivity index (χ3v) is 9.06. The average Bonchev–Trinajstić information content (AvgIpc) is 3.31. The number of aryl methyl sites for hydroxylation is 1. The molecular weight excluding hydrogens is 478 g/mol. The van der Waals surface area contributed by atoms with Crippen LogP contribution in [0.25, 0.3) is 10.2 Å². The molecule has 0 unspecified atom stereocenters. The zero-order valence-electron chi connectivity index (χ0n) is 20.1. The molecule has 0 bridgehead atoms. The Hall–Kier alpha value is -3.07. The molecule has 182 valence electrons. The van der Waals surface area contributed by atoms with Crippen LogP contribution >= 0.6 is 11.3 Å². The Bertz CT molecular complexity index is 1410. The van der Waals surface area contributed by atoms with E-state index in [2.05, 4.69) is 19.1 Å². The number of aromatic nitrogens is 1. The summed E-state index contributed by atoms with van der Waals surface area (Å²) in [5.41, 5.74) is 3.47. The Morgan fingerprint density at radius 1 is 0.886 bits per heavy atom. The molecule has 0 N–H and O–H groups in total. The van der Waals surface area contributed by atoms with Gasteiger partial charge < -0.3 is 0 Å². The average molecular weight is 508 g/mol. The van der Waals surface area contributed by atoms with Gasteiger partial charge in [0.2, 0.25) is 10.0 Å². The van der Waals surface area contributed by atoms with Crippen molar-refractivity contribution in [3.05, 3.63) is 89.5 Å². The zero-order valence-corrected chi connectivity index (χ0v) is 21.8. The number of thiazole rings is 1. The van der Waals surface area contributed by atoms with Crippen molar-refractivity contribution >= 4 is 42.6 Å². The first kappa shape index (κ1) is 25.0. The van der Waals surface area contributed by atoms with Crippen LogP contribution < -0.4 is 4.90 Å². The number of nitrogens with zero attached hydrogens (tertiary/aromatic N) is 3. The van der Waals surface area contributed by atoms with E-state index >= 15 is 0 Å². The van der Waals surface area contributed by atoms with Crippen LogP contribution in [0.1, 0.15) is 42.3 Å². The molecule has 1 amide bonds. The highest BCUT2D eigenvalue weighted by molar-refractivity contribution is 7.89. The molecule has 0 spiro atoms. The Morgan fingerprint density at radius 3 is 2.20 bits per heavy atom. The highest BCUT2D eigenvalue weighted by atomic mass is 32.2. The van der Waals surface area contributed by atoms with Crippen molar-refractivity contribution < 1.29 is 13.2 Å². The van der Waals surface area contributed by atoms with Crippen molar-refractivity contribution in [2.75, 3.05) is 18.0 Å². The van der Waals surface area contributed by atoms with Gasteiger partial charge >= 0.3 is 0 Å². The van der Waals surface area contributed by atoms with E-state index in [-0.39, 0.29) is 10.8 Å². The minimum Gasteiger partial charge on any atom is -0.279 e. The predicted molar refractivity (Wildman–Crippen MR) is 143 cm³/mol. The van der Waals surface area contributed by atoms with Crippen LogP contribution in [0.15, 0.2) is 77.7 Å². The van der Waals surface area contributed by atoms with Crippen LogP contribution in [0.2, 0.25) is 0 Å². The number of fused-ring (bicyclic) bond motifs is 1. The van der Waals surface area contributed by atoms with Gasteiger partial charge in [-0.3, -0.25) is 9.69 Å². The molecular formula is C27H29N3O3S2.